The van der Waals surface area contributed by atoms with Gasteiger partial charge in [0, 0.05) is 10.6 Å². The first kappa shape index (κ1) is 12.9. The molecule has 0 spiro atoms. The molecule has 0 aliphatic rings. The van der Waals surface area contributed by atoms with Gasteiger partial charge in [-0.3, -0.25) is 0 Å². The van der Waals surface area contributed by atoms with Crippen molar-refractivity contribution < 1.29 is 9.50 Å². The van der Waals surface area contributed by atoms with Crippen molar-refractivity contribution >= 4 is 34.7 Å². The first-order valence-corrected chi connectivity index (χ1v) is 7.20. The Kier molecular flexibility index (Phi) is 4.45. The summed E-state index contributed by atoms with van der Waals surface area (Å²) >= 11 is 8.84. The largest absolute Gasteiger partial charge is 0.387 e. The first-order valence-electron chi connectivity index (χ1n) is 4.96. The zero-order valence-corrected chi connectivity index (χ0v) is 11.2. The number of hydrogen-bond donors (Lipinski definition) is 1. The second-order valence-electron chi connectivity index (χ2n) is 3.41. The Morgan fingerprint density at radius 1 is 1.29 bits per heavy atom. The van der Waals surface area contributed by atoms with Gasteiger partial charge in [-0.15, -0.1) is 23.1 Å². The van der Waals surface area contributed by atoms with Crippen LogP contribution >= 0.6 is 34.7 Å². The van der Waals surface area contributed by atoms with Crippen molar-refractivity contribution in [2.75, 3.05) is 5.75 Å². The molecule has 5 heteroatoms. The lowest BCUT2D eigenvalue weighted by Crippen LogP contribution is -1.98. The van der Waals surface area contributed by atoms with Crippen molar-refractivity contribution in [2.24, 2.45) is 0 Å². The van der Waals surface area contributed by atoms with Crippen LogP contribution in [-0.4, -0.2) is 10.9 Å². The Bertz CT molecular complexity index is 484. The van der Waals surface area contributed by atoms with Crippen LogP contribution in [0.2, 0.25) is 5.02 Å². The maximum Gasteiger partial charge on any atom is 0.123 e. The van der Waals surface area contributed by atoms with Gasteiger partial charge in [0.05, 0.1) is 16.0 Å². The van der Waals surface area contributed by atoms with E-state index in [1.165, 1.54) is 35.2 Å². The molecule has 2 aromatic rings. The van der Waals surface area contributed by atoms with Crippen LogP contribution in [0.5, 0.6) is 0 Å². The van der Waals surface area contributed by atoms with Gasteiger partial charge < -0.3 is 5.11 Å². The minimum atomic E-state index is -0.586. The van der Waals surface area contributed by atoms with Gasteiger partial charge in [-0.05, 0) is 35.7 Å². The van der Waals surface area contributed by atoms with Crippen LogP contribution in [-0.2, 0) is 0 Å². The summed E-state index contributed by atoms with van der Waals surface area (Å²) in [7, 11) is 0. The zero-order chi connectivity index (χ0) is 12.3. The number of halogens is 2. The summed E-state index contributed by atoms with van der Waals surface area (Å²) in [6.07, 6.45) is -0.586. The van der Waals surface area contributed by atoms with Crippen molar-refractivity contribution in [3.8, 4) is 0 Å². The lowest BCUT2D eigenvalue weighted by molar-refractivity contribution is 0.208. The van der Waals surface area contributed by atoms with Crippen molar-refractivity contribution in [1.82, 2.24) is 0 Å². The molecular weight excluding hydrogens is 279 g/mol. The maximum atomic E-state index is 12.7. The third-order valence-corrected chi connectivity index (χ3v) is 4.72. The van der Waals surface area contributed by atoms with E-state index in [0.29, 0.717) is 10.8 Å². The smallest absolute Gasteiger partial charge is 0.123 e. The topological polar surface area (TPSA) is 20.2 Å². The molecule has 2 rings (SSSR count). The number of rotatable bonds is 4. The fraction of sp³-hybridized carbons (Fsp3) is 0.167. The van der Waals surface area contributed by atoms with Gasteiger partial charge >= 0.3 is 0 Å². The highest BCUT2D eigenvalue weighted by atomic mass is 35.5. The van der Waals surface area contributed by atoms with Gasteiger partial charge in [-0.1, -0.05) is 11.6 Å². The van der Waals surface area contributed by atoms with Crippen LogP contribution in [0.25, 0.3) is 0 Å². The maximum absolute atomic E-state index is 12.7. The fourth-order valence-corrected chi connectivity index (χ4v) is 3.44. The monoisotopic (exact) mass is 288 g/mol. The predicted octanol–water partition coefficient (Wildman–Crippen LogP) is 4.37. The average Bonchev–Trinajstić information content (AvgIpc) is 2.74. The van der Waals surface area contributed by atoms with Crippen LogP contribution in [0.4, 0.5) is 4.39 Å². The minimum absolute atomic E-state index is 0.254. The van der Waals surface area contributed by atoms with Gasteiger partial charge in [0.1, 0.15) is 5.82 Å². The average molecular weight is 289 g/mol. The molecular formula is C12H10ClFOS2. The number of thiophene rings is 1. The van der Waals surface area contributed by atoms with Crippen LogP contribution in [0, 0.1) is 5.82 Å². The second kappa shape index (κ2) is 5.87. The van der Waals surface area contributed by atoms with E-state index in [-0.39, 0.29) is 5.82 Å². The molecule has 1 unspecified atom stereocenters. The molecule has 1 aromatic heterocycles. The van der Waals surface area contributed by atoms with E-state index in [2.05, 4.69) is 0 Å². The van der Waals surface area contributed by atoms with Crippen molar-refractivity contribution in [3.63, 3.8) is 0 Å². The van der Waals surface area contributed by atoms with E-state index in [0.717, 1.165) is 9.77 Å². The van der Waals surface area contributed by atoms with Crippen molar-refractivity contribution in [3.05, 3.63) is 51.4 Å². The highest BCUT2D eigenvalue weighted by molar-refractivity contribution is 7.99. The highest BCUT2D eigenvalue weighted by Gasteiger charge is 2.13. The van der Waals surface area contributed by atoms with Gasteiger partial charge in [0.2, 0.25) is 0 Å². The predicted molar refractivity (Wildman–Crippen MR) is 71.4 cm³/mol. The lowest BCUT2D eigenvalue weighted by atomic mass is 10.3. The van der Waals surface area contributed by atoms with E-state index in [4.69, 9.17) is 11.6 Å². The molecule has 0 saturated carbocycles. The molecule has 1 heterocycles. The molecule has 0 amide bonds. The molecule has 1 atom stereocenters. The van der Waals surface area contributed by atoms with E-state index in [1.807, 2.05) is 5.38 Å². The Labute approximate surface area is 112 Å². The highest BCUT2D eigenvalue weighted by Crippen LogP contribution is 2.32. The van der Waals surface area contributed by atoms with E-state index >= 15 is 0 Å². The third kappa shape index (κ3) is 3.45. The molecule has 0 saturated heterocycles. The van der Waals surface area contributed by atoms with Gasteiger partial charge in [-0.2, -0.15) is 0 Å². The Hall–Kier alpha value is -0.550. The van der Waals surface area contributed by atoms with Crippen molar-refractivity contribution in [2.45, 2.75) is 11.0 Å². The summed E-state index contributed by atoms with van der Waals surface area (Å²) in [5.41, 5.74) is 0. The van der Waals surface area contributed by atoms with Gasteiger partial charge in [0.15, 0.2) is 0 Å². The number of benzene rings is 1. The SMILES string of the molecule is OC(CSc1ccc(F)cc1)c1sccc1Cl. The summed E-state index contributed by atoms with van der Waals surface area (Å²) in [6.45, 7) is 0. The summed E-state index contributed by atoms with van der Waals surface area (Å²) in [6, 6.07) is 7.98. The molecule has 17 heavy (non-hydrogen) atoms. The number of aliphatic hydroxyl groups is 1. The van der Waals surface area contributed by atoms with Crippen LogP contribution in [0.1, 0.15) is 11.0 Å². The van der Waals surface area contributed by atoms with Crippen LogP contribution in [0.3, 0.4) is 0 Å². The summed E-state index contributed by atoms with van der Waals surface area (Å²) in [4.78, 5) is 1.71. The number of hydrogen-bond acceptors (Lipinski definition) is 3. The molecule has 1 nitrogen and oxygen atoms in total. The molecule has 1 aromatic carbocycles. The van der Waals surface area contributed by atoms with Crippen LogP contribution < -0.4 is 0 Å². The van der Waals surface area contributed by atoms with E-state index < -0.39 is 6.10 Å². The summed E-state index contributed by atoms with van der Waals surface area (Å²) in [5.74, 6) is 0.252. The first-order chi connectivity index (χ1) is 8.16. The molecule has 0 aliphatic carbocycles. The fourth-order valence-electron chi connectivity index (χ4n) is 1.32. The summed E-state index contributed by atoms with van der Waals surface area (Å²) < 4.78 is 12.7. The summed E-state index contributed by atoms with van der Waals surface area (Å²) in [5, 5.41) is 12.4. The molecule has 0 aliphatic heterocycles. The molecule has 0 radical (unpaired) electrons. The molecule has 1 N–H and O–H groups in total. The number of thioether (sulfide) groups is 1. The van der Waals surface area contributed by atoms with Gasteiger partial charge in [0.25, 0.3) is 0 Å². The zero-order valence-electron chi connectivity index (χ0n) is 8.77. The quantitative estimate of drug-likeness (QED) is 0.843. The third-order valence-electron chi connectivity index (χ3n) is 2.17. The Balaban J connectivity index is 1.94. The number of aliphatic hydroxyl groups excluding tert-OH is 1. The van der Waals surface area contributed by atoms with Crippen LogP contribution in [0.15, 0.2) is 40.6 Å². The van der Waals surface area contributed by atoms with E-state index in [1.54, 1.807) is 18.2 Å². The molecule has 0 bridgehead atoms. The minimum Gasteiger partial charge on any atom is -0.387 e. The molecule has 90 valence electrons. The lowest BCUT2D eigenvalue weighted by Gasteiger charge is -2.08. The van der Waals surface area contributed by atoms with Gasteiger partial charge in [-0.25, -0.2) is 4.39 Å². The standard InChI is InChI=1S/C12H10ClFOS2/c13-10-5-6-16-12(10)11(15)7-17-9-3-1-8(14)2-4-9/h1-6,11,15H,7H2. The Morgan fingerprint density at radius 2 is 2.00 bits per heavy atom. The molecule has 0 fully saturated rings. The van der Waals surface area contributed by atoms with Crippen molar-refractivity contribution in [1.29, 1.82) is 0 Å². The Morgan fingerprint density at radius 3 is 2.59 bits per heavy atom. The van der Waals surface area contributed by atoms with E-state index in [9.17, 15) is 9.50 Å². The normalized spacial score (nSPS) is 12.6. The second-order valence-corrected chi connectivity index (χ2v) is 5.86.